The third-order valence-electron chi connectivity index (χ3n) is 2.80. The molecule has 0 spiro atoms. The molecule has 3 aromatic rings. The Morgan fingerprint density at radius 1 is 1.40 bits per heavy atom. The molecule has 7 nitrogen and oxygen atoms in total. The van der Waals surface area contributed by atoms with Crippen molar-refractivity contribution in [3.05, 3.63) is 48.1 Å². The molecule has 0 unspecified atom stereocenters. The summed E-state index contributed by atoms with van der Waals surface area (Å²) < 4.78 is 5.12. The fourth-order valence-corrected chi connectivity index (χ4v) is 1.81. The molecule has 3 rings (SSSR count). The van der Waals surface area contributed by atoms with E-state index in [1.807, 2.05) is 6.07 Å². The SMILES string of the molecule is Cc1[nH]ncc1C(=O)Nc1cccc(-c2nnco2)c1. The van der Waals surface area contributed by atoms with Gasteiger partial charge in [0.1, 0.15) is 0 Å². The summed E-state index contributed by atoms with van der Waals surface area (Å²) in [6, 6.07) is 7.18. The van der Waals surface area contributed by atoms with Gasteiger partial charge in [-0.25, -0.2) is 0 Å². The number of anilines is 1. The number of rotatable bonds is 3. The molecule has 2 heterocycles. The summed E-state index contributed by atoms with van der Waals surface area (Å²) in [4.78, 5) is 12.1. The van der Waals surface area contributed by atoms with Gasteiger partial charge in [0.15, 0.2) is 0 Å². The Labute approximate surface area is 114 Å². The first-order valence-electron chi connectivity index (χ1n) is 5.92. The van der Waals surface area contributed by atoms with E-state index < -0.39 is 0 Å². The van der Waals surface area contributed by atoms with E-state index in [0.717, 1.165) is 11.3 Å². The minimum atomic E-state index is -0.223. The Morgan fingerprint density at radius 2 is 2.30 bits per heavy atom. The van der Waals surface area contributed by atoms with E-state index in [4.69, 9.17) is 4.42 Å². The average molecular weight is 269 g/mol. The van der Waals surface area contributed by atoms with E-state index in [0.29, 0.717) is 17.1 Å². The maximum atomic E-state index is 12.1. The highest BCUT2D eigenvalue weighted by Gasteiger charge is 2.12. The largest absolute Gasteiger partial charge is 0.423 e. The Balaban J connectivity index is 1.83. The maximum Gasteiger partial charge on any atom is 0.259 e. The molecule has 20 heavy (non-hydrogen) atoms. The molecular weight excluding hydrogens is 258 g/mol. The molecule has 2 aromatic heterocycles. The van der Waals surface area contributed by atoms with Crippen LogP contribution in [0.1, 0.15) is 16.1 Å². The summed E-state index contributed by atoms with van der Waals surface area (Å²) in [6.07, 6.45) is 2.75. The van der Waals surface area contributed by atoms with Crippen LogP contribution in [0.4, 0.5) is 5.69 Å². The van der Waals surface area contributed by atoms with Crippen LogP contribution in [0.5, 0.6) is 0 Å². The molecule has 0 saturated heterocycles. The van der Waals surface area contributed by atoms with Crippen molar-refractivity contribution in [1.29, 1.82) is 0 Å². The van der Waals surface area contributed by atoms with Crippen LogP contribution in [0, 0.1) is 6.92 Å². The van der Waals surface area contributed by atoms with Gasteiger partial charge in [0.25, 0.3) is 5.91 Å². The summed E-state index contributed by atoms with van der Waals surface area (Å²) in [5, 5.41) is 16.8. The van der Waals surface area contributed by atoms with Gasteiger partial charge in [-0.1, -0.05) is 6.07 Å². The van der Waals surface area contributed by atoms with E-state index >= 15 is 0 Å². The van der Waals surface area contributed by atoms with E-state index in [1.54, 1.807) is 25.1 Å². The van der Waals surface area contributed by atoms with E-state index in [1.165, 1.54) is 12.6 Å². The standard InChI is InChI=1S/C13H11N5O2/c1-8-11(6-14-17-8)12(19)16-10-4-2-3-9(5-10)13-18-15-7-20-13/h2-7H,1H3,(H,14,17)(H,16,19). The lowest BCUT2D eigenvalue weighted by atomic mass is 10.2. The lowest BCUT2D eigenvalue weighted by Gasteiger charge is -2.05. The first-order chi connectivity index (χ1) is 9.74. The lowest BCUT2D eigenvalue weighted by molar-refractivity contribution is 0.102. The molecule has 2 N–H and O–H groups in total. The molecule has 1 aromatic carbocycles. The van der Waals surface area contributed by atoms with Crippen molar-refractivity contribution < 1.29 is 9.21 Å². The Bertz CT molecular complexity index is 733. The van der Waals surface area contributed by atoms with Crippen molar-refractivity contribution >= 4 is 11.6 Å². The normalized spacial score (nSPS) is 10.4. The van der Waals surface area contributed by atoms with Crippen molar-refractivity contribution in [2.75, 3.05) is 5.32 Å². The fourth-order valence-electron chi connectivity index (χ4n) is 1.81. The molecule has 100 valence electrons. The number of aromatic amines is 1. The number of amides is 1. The number of nitrogens with one attached hydrogen (secondary N) is 2. The second-order valence-corrected chi connectivity index (χ2v) is 4.19. The Hall–Kier alpha value is -2.96. The van der Waals surface area contributed by atoms with Gasteiger partial charge in [-0.15, -0.1) is 10.2 Å². The number of carbonyl (C=O) groups excluding carboxylic acids is 1. The molecule has 0 bridgehead atoms. The predicted molar refractivity (Wildman–Crippen MR) is 71.0 cm³/mol. The first-order valence-corrected chi connectivity index (χ1v) is 5.92. The van der Waals surface area contributed by atoms with Crippen LogP contribution in [0.3, 0.4) is 0 Å². The molecular formula is C13H11N5O2. The number of nitrogens with zero attached hydrogens (tertiary/aromatic N) is 3. The number of hydrogen-bond donors (Lipinski definition) is 2. The van der Waals surface area contributed by atoms with Gasteiger partial charge < -0.3 is 9.73 Å². The van der Waals surface area contributed by atoms with Gasteiger partial charge in [0.2, 0.25) is 12.3 Å². The van der Waals surface area contributed by atoms with Crippen molar-refractivity contribution in [3.63, 3.8) is 0 Å². The van der Waals surface area contributed by atoms with Crippen molar-refractivity contribution in [2.24, 2.45) is 0 Å². The molecule has 0 aliphatic heterocycles. The lowest BCUT2D eigenvalue weighted by Crippen LogP contribution is -2.12. The summed E-state index contributed by atoms with van der Waals surface area (Å²) >= 11 is 0. The fraction of sp³-hybridized carbons (Fsp3) is 0.0769. The second-order valence-electron chi connectivity index (χ2n) is 4.19. The molecule has 0 fully saturated rings. The van der Waals surface area contributed by atoms with E-state index in [9.17, 15) is 4.79 Å². The van der Waals surface area contributed by atoms with Gasteiger partial charge in [-0.05, 0) is 25.1 Å². The van der Waals surface area contributed by atoms with E-state index in [2.05, 4.69) is 25.7 Å². The zero-order valence-corrected chi connectivity index (χ0v) is 10.6. The summed E-state index contributed by atoms with van der Waals surface area (Å²) in [5.41, 5.74) is 2.61. The third-order valence-corrected chi connectivity index (χ3v) is 2.80. The number of carbonyl (C=O) groups is 1. The third kappa shape index (κ3) is 2.28. The monoisotopic (exact) mass is 269 g/mol. The molecule has 0 radical (unpaired) electrons. The topological polar surface area (TPSA) is 96.7 Å². The zero-order chi connectivity index (χ0) is 13.9. The number of benzene rings is 1. The predicted octanol–water partition coefficient (Wildman–Crippen LogP) is 2.02. The number of H-pyrrole nitrogens is 1. The van der Waals surface area contributed by atoms with Crippen LogP contribution in [0.2, 0.25) is 0 Å². The number of aryl methyl sites for hydroxylation is 1. The van der Waals surface area contributed by atoms with Crippen LogP contribution in [-0.2, 0) is 0 Å². The van der Waals surface area contributed by atoms with Crippen LogP contribution in [-0.4, -0.2) is 26.3 Å². The van der Waals surface area contributed by atoms with Gasteiger partial charge in [0.05, 0.1) is 11.8 Å². The first kappa shape index (κ1) is 12.1. The Morgan fingerprint density at radius 3 is 3.00 bits per heavy atom. The molecule has 7 heteroatoms. The van der Waals surface area contributed by atoms with Crippen LogP contribution >= 0.6 is 0 Å². The van der Waals surface area contributed by atoms with Gasteiger partial charge >= 0.3 is 0 Å². The highest BCUT2D eigenvalue weighted by molar-refractivity contribution is 6.05. The van der Waals surface area contributed by atoms with Gasteiger partial charge in [0, 0.05) is 16.9 Å². The number of hydrogen-bond acceptors (Lipinski definition) is 5. The van der Waals surface area contributed by atoms with Crippen molar-refractivity contribution in [3.8, 4) is 11.5 Å². The molecule has 0 aliphatic carbocycles. The molecule has 0 aliphatic rings. The molecule has 0 atom stereocenters. The molecule has 1 amide bonds. The van der Waals surface area contributed by atoms with Crippen LogP contribution in [0.25, 0.3) is 11.5 Å². The smallest absolute Gasteiger partial charge is 0.259 e. The van der Waals surface area contributed by atoms with Crippen LogP contribution < -0.4 is 5.32 Å². The zero-order valence-electron chi connectivity index (χ0n) is 10.6. The van der Waals surface area contributed by atoms with Gasteiger partial charge in [-0.3, -0.25) is 9.89 Å². The minimum absolute atomic E-state index is 0.223. The van der Waals surface area contributed by atoms with E-state index in [-0.39, 0.29) is 5.91 Å². The maximum absolute atomic E-state index is 12.1. The Kier molecular flexibility index (Phi) is 3.00. The second kappa shape index (κ2) is 4.96. The van der Waals surface area contributed by atoms with Crippen molar-refractivity contribution in [1.82, 2.24) is 20.4 Å². The number of aromatic nitrogens is 4. The summed E-state index contributed by atoms with van der Waals surface area (Å²) in [6.45, 7) is 1.79. The summed E-state index contributed by atoms with van der Waals surface area (Å²) in [7, 11) is 0. The quantitative estimate of drug-likeness (QED) is 0.758. The highest BCUT2D eigenvalue weighted by Crippen LogP contribution is 2.20. The van der Waals surface area contributed by atoms with Gasteiger partial charge in [-0.2, -0.15) is 5.10 Å². The molecule has 0 saturated carbocycles. The van der Waals surface area contributed by atoms with Crippen molar-refractivity contribution in [2.45, 2.75) is 6.92 Å². The highest BCUT2D eigenvalue weighted by atomic mass is 16.4. The average Bonchev–Trinajstić information content (AvgIpc) is 3.09. The van der Waals surface area contributed by atoms with Crippen LogP contribution in [0.15, 0.2) is 41.3 Å². The minimum Gasteiger partial charge on any atom is -0.423 e. The summed E-state index contributed by atoms with van der Waals surface area (Å²) in [5.74, 6) is 0.180.